The molecule has 0 unspecified atom stereocenters. The molecule has 1 amide bonds. The number of rotatable bonds is 6. The maximum Gasteiger partial charge on any atom is 0.240 e. The van der Waals surface area contributed by atoms with E-state index in [4.69, 9.17) is 0 Å². The molecule has 1 aromatic carbocycles. The first kappa shape index (κ1) is 16.9. The minimum absolute atomic E-state index is 0.00549. The first-order chi connectivity index (χ1) is 10.6. The van der Waals surface area contributed by atoms with Crippen molar-refractivity contribution in [3.63, 3.8) is 0 Å². The Morgan fingerprint density at radius 1 is 1.14 bits per heavy atom. The predicted octanol–water partition coefficient (Wildman–Crippen LogP) is 3.28. The lowest BCUT2D eigenvalue weighted by Gasteiger charge is -2.37. The molecular weight excluding hydrogens is 286 g/mol. The zero-order valence-corrected chi connectivity index (χ0v) is 13.1. The van der Waals surface area contributed by atoms with Crippen LogP contribution in [-0.4, -0.2) is 18.0 Å². The molecule has 122 valence electrons. The molecule has 0 spiro atoms. The fourth-order valence-electron chi connectivity index (χ4n) is 3.03. The molecule has 1 saturated carbocycles. The van der Waals surface area contributed by atoms with Gasteiger partial charge >= 0.3 is 0 Å². The van der Waals surface area contributed by atoms with Gasteiger partial charge in [0.15, 0.2) is 0 Å². The zero-order valence-electron chi connectivity index (χ0n) is 13.1. The lowest BCUT2D eigenvalue weighted by atomic mass is 9.80. The number of benzene rings is 1. The number of carbonyl (C=O) groups excluding carboxylic acids is 1. The molecule has 0 bridgehead atoms. The Balaban J connectivity index is 2.07. The Morgan fingerprint density at radius 2 is 1.77 bits per heavy atom. The second kappa shape index (κ2) is 7.68. The average molecular weight is 310 g/mol. The van der Waals surface area contributed by atoms with Crippen molar-refractivity contribution in [3.05, 3.63) is 35.4 Å². The fraction of sp³-hybridized carbons (Fsp3) is 0.588. The molecule has 1 aliphatic rings. The highest BCUT2D eigenvalue weighted by Gasteiger charge is 2.38. The van der Waals surface area contributed by atoms with E-state index in [1.807, 2.05) is 6.92 Å². The molecule has 3 nitrogen and oxygen atoms in total. The van der Waals surface area contributed by atoms with E-state index in [2.05, 4.69) is 10.6 Å². The van der Waals surface area contributed by atoms with E-state index < -0.39 is 17.2 Å². The Bertz CT molecular complexity index is 493. The fourth-order valence-corrected chi connectivity index (χ4v) is 3.03. The van der Waals surface area contributed by atoms with Gasteiger partial charge in [0.05, 0.1) is 5.54 Å². The molecule has 0 aliphatic heterocycles. The van der Waals surface area contributed by atoms with Crippen molar-refractivity contribution in [1.82, 2.24) is 10.6 Å². The normalized spacial score (nSPS) is 17.2. The highest BCUT2D eigenvalue weighted by molar-refractivity contribution is 5.86. The summed E-state index contributed by atoms with van der Waals surface area (Å²) in [5.41, 5.74) is -0.0957. The van der Waals surface area contributed by atoms with Crippen molar-refractivity contribution < 1.29 is 13.6 Å². The molecule has 22 heavy (non-hydrogen) atoms. The smallest absolute Gasteiger partial charge is 0.240 e. The third kappa shape index (κ3) is 4.26. The molecular formula is C17H24F2N2O. The summed E-state index contributed by atoms with van der Waals surface area (Å²) in [6.07, 6.45) is 5.52. The van der Waals surface area contributed by atoms with Crippen LogP contribution in [0.2, 0.25) is 0 Å². The molecule has 5 heteroatoms. The van der Waals surface area contributed by atoms with Crippen molar-refractivity contribution in [3.8, 4) is 0 Å². The predicted molar refractivity (Wildman–Crippen MR) is 82.3 cm³/mol. The topological polar surface area (TPSA) is 41.1 Å². The maximum atomic E-state index is 13.3. The zero-order chi connectivity index (χ0) is 16.0. The van der Waals surface area contributed by atoms with E-state index in [0.717, 1.165) is 44.6 Å². The lowest BCUT2D eigenvalue weighted by molar-refractivity contribution is -0.129. The number of halogens is 2. The molecule has 1 fully saturated rings. The summed E-state index contributed by atoms with van der Waals surface area (Å²) >= 11 is 0. The van der Waals surface area contributed by atoms with Crippen molar-refractivity contribution >= 4 is 5.91 Å². The molecule has 1 aromatic rings. The quantitative estimate of drug-likeness (QED) is 0.846. The molecule has 0 aromatic heterocycles. The van der Waals surface area contributed by atoms with Gasteiger partial charge in [0.1, 0.15) is 11.6 Å². The van der Waals surface area contributed by atoms with Gasteiger partial charge in [0, 0.05) is 19.2 Å². The van der Waals surface area contributed by atoms with Crippen LogP contribution in [0.1, 0.15) is 51.0 Å². The van der Waals surface area contributed by atoms with E-state index >= 15 is 0 Å². The van der Waals surface area contributed by atoms with Gasteiger partial charge in [-0.25, -0.2) is 8.78 Å². The van der Waals surface area contributed by atoms with Crippen molar-refractivity contribution in [2.24, 2.45) is 0 Å². The van der Waals surface area contributed by atoms with Gasteiger partial charge in [-0.3, -0.25) is 10.1 Å². The van der Waals surface area contributed by atoms with Crippen molar-refractivity contribution in [2.45, 2.75) is 57.5 Å². The van der Waals surface area contributed by atoms with E-state index in [-0.39, 0.29) is 12.5 Å². The first-order valence-electron chi connectivity index (χ1n) is 8.04. The van der Waals surface area contributed by atoms with Crippen LogP contribution in [0, 0.1) is 11.6 Å². The lowest BCUT2D eigenvalue weighted by Crippen LogP contribution is -2.57. The summed E-state index contributed by atoms with van der Waals surface area (Å²) < 4.78 is 26.5. The van der Waals surface area contributed by atoms with E-state index in [1.54, 1.807) is 0 Å². The summed E-state index contributed by atoms with van der Waals surface area (Å²) in [5, 5.41) is 6.22. The van der Waals surface area contributed by atoms with Gasteiger partial charge in [-0.2, -0.15) is 0 Å². The number of nitrogens with one attached hydrogen (secondary N) is 2. The van der Waals surface area contributed by atoms with Crippen LogP contribution in [0.25, 0.3) is 0 Å². The van der Waals surface area contributed by atoms with E-state index in [9.17, 15) is 13.6 Å². The third-order valence-electron chi connectivity index (χ3n) is 4.23. The summed E-state index contributed by atoms with van der Waals surface area (Å²) in [6, 6.07) is 3.46. The second-order valence-electron chi connectivity index (χ2n) is 6.03. The highest BCUT2D eigenvalue weighted by Crippen LogP contribution is 2.29. The van der Waals surface area contributed by atoms with Crippen molar-refractivity contribution in [2.75, 3.05) is 6.54 Å². The molecule has 2 rings (SSSR count). The SMILES string of the molecule is CCCNC(=O)C1(NCc2cc(F)cc(F)c2)CCCCC1. The van der Waals surface area contributed by atoms with E-state index in [1.165, 1.54) is 12.1 Å². The van der Waals surface area contributed by atoms with Crippen LogP contribution < -0.4 is 10.6 Å². The van der Waals surface area contributed by atoms with Gasteiger partial charge in [-0.05, 0) is 37.0 Å². The van der Waals surface area contributed by atoms with Crippen LogP contribution >= 0.6 is 0 Å². The molecule has 0 radical (unpaired) electrons. The molecule has 1 aliphatic carbocycles. The van der Waals surface area contributed by atoms with Crippen molar-refractivity contribution in [1.29, 1.82) is 0 Å². The van der Waals surface area contributed by atoms with Crippen LogP contribution in [0.15, 0.2) is 18.2 Å². The number of hydrogen-bond acceptors (Lipinski definition) is 2. The van der Waals surface area contributed by atoms with Crippen LogP contribution in [0.5, 0.6) is 0 Å². The minimum atomic E-state index is -0.615. The standard InChI is InChI=1S/C17H24F2N2O/c1-2-8-20-16(22)17(6-4-3-5-7-17)21-12-13-9-14(18)11-15(19)10-13/h9-11,21H,2-8,12H2,1H3,(H,20,22). The first-order valence-corrected chi connectivity index (χ1v) is 8.04. The summed E-state index contributed by atoms with van der Waals surface area (Å²) in [7, 11) is 0. The Kier molecular flexibility index (Phi) is 5.89. The number of carbonyl (C=O) groups is 1. The Hall–Kier alpha value is -1.49. The van der Waals surface area contributed by atoms with Crippen LogP contribution in [0.4, 0.5) is 8.78 Å². The van der Waals surface area contributed by atoms with Crippen LogP contribution in [-0.2, 0) is 11.3 Å². The highest BCUT2D eigenvalue weighted by atomic mass is 19.1. The van der Waals surface area contributed by atoms with Gasteiger partial charge in [-0.15, -0.1) is 0 Å². The molecule has 0 atom stereocenters. The largest absolute Gasteiger partial charge is 0.355 e. The average Bonchev–Trinajstić information content (AvgIpc) is 2.50. The molecule has 0 saturated heterocycles. The second-order valence-corrected chi connectivity index (χ2v) is 6.03. The van der Waals surface area contributed by atoms with E-state index in [0.29, 0.717) is 12.1 Å². The summed E-state index contributed by atoms with van der Waals surface area (Å²) in [6.45, 7) is 2.95. The Labute approximate surface area is 130 Å². The van der Waals surface area contributed by atoms with Crippen LogP contribution in [0.3, 0.4) is 0 Å². The third-order valence-corrected chi connectivity index (χ3v) is 4.23. The van der Waals surface area contributed by atoms with Gasteiger partial charge in [0.2, 0.25) is 5.91 Å². The number of hydrogen-bond donors (Lipinski definition) is 2. The minimum Gasteiger partial charge on any atom is -0.355 e. The maximum absolute atomic E-state index is 13.3. The Morgan fingerprint density at radius 3 is 2.36 bits per heavy atom. The molecule has 2 N–H and O–H groups in total. The monoisotopic (exact) mass is 310 g/mol. The molecule has 0 heterocycles. The van der Waals surface area contributed by atoms with Gasteiger partial charge in [0.25, 0.3) is 0 Å². The van der Waals surface area contributed by atoms with Gasteiger partial charge < -0.3 is 5.32 Å². The number of amides is 1. The summed E-state index contributed by atoms with van der Waals surface area (Å²) in [5.74, 6) is -1.18. The van der Waals surface area contributed by atoms with Gasteiger partial charge in [-0.1, -0.05) is 26.2 Å². The summed E-state index contributed by atoms with van der Waals surface area (Å²) in [4.78, 5) is 12.5.